The van der Waals surface area contributed by atoms with Gasteiger partial charge in [-0.15, -0.1) is 0 Å². The second-order valence-corrected chi connectivity index (χ2v) is 10.9. The first kappa shape index (κ1) is 29.7. The van der Waals surface area contributed by atoms with E-state index in [2.05, 4.69) is 34.4 Å². The van der Waals surface area contributed by atoms with Crippen LogP contribution in [-0.4, -0.2) is 66.7 Å². The summed E-state index contributed by atoms with van der Waals surface area (Å²) < 4.78 is 12.5. The molecule has 206 valence electrons. The van der Waals surface area contributed by atoms with Crippen LogP contribution in [0.25, 0.3) is 11.6 Å². The molecule has 38 heavy (non-hydrogen) atoms. The van der Waals surface area contributed by atoms with E-state index in [-0.39, 0.29) is 5.91 Å². The quantitative estimate of drug-likeness (QED) is 0.305. The van der Waals surface area contributed by atoms with E-state index < -0.39 is 18.3 Å². The second kappa shape index (κ2) is 11.9. The van der Waals surface area contributed by atoms with Crippen LogP contribution in [0, 0.1) is 13.8 Å². The number of carbonyl (C=O) groups excluding carboxylic acids is 2. The van der Waals surface area contributed by atoms with E-state index >= 15 is 0 Å². The Morgan fingerprint density at radius 3 is 2.32 bits per heavy atom. The summed E-state index contributed by atoms with van der Waals surface area (Å²) in [5.41, 5.74) is 5.64. The molecule has 1 aliphatic heterocycles. The van der Waals surface area contributed by atoms with Crippen LogP contribution >= 0.6 is 0 Å². The number of carbonyl (C=O) groups is 2. The highest BCUT2D eigenvalue weighted by Gasteiger charge is 2.51. The molecule has 0 atom stereocenters. The lowest BCUT2D eigenvalue weighted by Crippen LogP contribution is -2.41. The number of anilines is 1. The molecular weight excluding hydrogens is 479 g/mol. The summed E-state index contributed by atoms with van der Waals surface area (Å²) in [6.07, 6.45) is 2.68. The SMILES string of the molecule is CCN(CC)CCNC(=O)c1c(C)[nH]c(/C=C(\C)c2cc(B3OC(C)(C)C(C)(C)O3)ccc2NC=O)c1C. The smallest absolute Gasteiger partial charge is 0.399 e. The largest absolute Gasteiger partial charge is 0.494 e. The zero-order chi connectivity index (χ0) is 28.3. The van der Waals surface area contributed by atoms with Gasteiger partial charge in [0, 0.05) is 35.7 Å². The maximum absolute atomic E-state index is 13.0. The molecule has 0 bridgehead atoms. The third-order valence-electron chi connectivity index (χ3n) is 7.88. The Morgan fingerprint density at radius 2 is 1.74 bits per heavy atom. The van der Waals surface area contributed by atoms with Gasteiger partial charge in [0.25, 0.3) is 5.91 Å². The molecule has 0 unspecified atom stereocenters. The van der Waals surface area contributed by atoms with E-state index in [0.29, 0.717) is 24.2 Å². The van der Waals surface area contributed by atoms with E-state index in [1.807, 2.05) is 72.7 Å². The molecule has 3 rings (SSSR count). The highest BCUT2D eigenvalue weighted by molar-refractivity contribution is 6.62. The molecule has 1 aliphatic rings. The maximum Gasteiger partial charge on any atom is 0.494 e. The molecule has 8 nitrogen and oxygen atoms in total. The third kappa shape index (κ3) is 6.22. The van der Waals surface area contributed by atoms with Crippen molar-refractivity contribution in [3.05, 3.63) is 46.3 Å². The Balaban J connectivity index is 1.89. The zero-order valence-electron chi connectivity index (χ0n) is 24.4. The lowest BCUT2D eigenvalue weighted by atomic mass is 9.77. The molecule has 1 aromatic heterocycles. The topological polar surface area (TPSA) is 95.7 Å². The molecule has 2 aromatic rings. The standard InChI is InChI=1S/C29H43BN4O4/c1-10-34(11-2)15-14-31-27(36)26-20(4)25(33-21(26)5)16-19(3)23-17-22(12-13-24(23)32-18-35)30-37-28(6,7)29(8,9)38-30/h12-13,16-18,33H,10-11,14-15H2,1-9H3,(H,31,36)(H,32,35)/b19-16+. The van der Waals surface area contributed by atoms with Gasteiger partial charge in [-0.1, -0.05) is 26.0 Å². The number of amides is 2. The summed E-state index contributed by atoms with van der Waals surface area (Å²) in [5, 5.41) is 5.86. The van der Waals surface area contributed by atoms with Crippen LogP contribution in [0.2, 0.25) is 0 Å². The summed E-state index contributed by atoms with van der Waals surface area (Å²) in [7, 11) is -0.516. The van der Waals surface area contributed by atoms with Gasteiger partial charge in [0.15, 0.2) is 0 Å². The van der Waals surface area contributed by atoms with E-state index in [1.54, 1.807) is 0 Å². The second-order valence-electron chi connectivity index (χ2n) is 10.9. The molecule has 2 heterocycles. The van der Waals surface area contributed by atoms with Crippen molar-refractivity contribution in [1.29, 1.82) is 0 Å². The number of hydrogen-bond acceptors (Lipinski definition) is 5. The molecule has 0 spiro atoms. The van der Waals surface area contributed by atoms with Gasteiger partial charge < -0.3 is 29.8 Å². The number of allylic oxidation sites excluding steroid dienone is 1. The van der Waals surface area contributed by atoms with Gasteiger partial charge in [-0.2, -0.15) is 0 Å². The maximum atomic E-state index is 13.0. The van der Waals surface area contributed by atoms with Crippen molar-refractivity contribution < 1.29 is 18.9 Å². The number of hydrogen-bond donors (Lipinski definition) is 3. The highest BCUT2D eigenvalue weighted by Crippen LogP contribution is 2.37. The van der Waals surface area contributed by atoms with Crippen molar-refractivity contribution >= 4 is 42.2 Å². The van der Waals surface area contributed by atoms with Crippen molar-refractivity contribution in [1.82, 2.24) is 15.2 Å². The number of aromatic nitrogens is 1. The number of benzene rings is 1. The average molecular weight is 522 g/mol. The number of aromatic amines is 1. The first-order valence-electron chi connectivity index (χ1n) is 13.4. The van der Waals surface area contributed by atoms with Crippen LogP contribution in [0.1, 0.15) is 81.3 Å². The van der Waals surface area contributed by atoms with E-state index in [9.17, 15) is 9.59 Å². The molecule has 1 saturated heterocycles. The van der Waals surface area contributed by atoms with Gasteiger partial charge in [0.1, 0.15) is 0 Å². The number of nitrogens with zero attached hydrogens (tertiary/aromatic N) is 1. The highest BCUT2D eigenvalue weighted by atomic mass is 16.7. The van der Waals surface area contributed by atoms with Crippen LogP contribution in [0.3, 0.4) is 0 Å². The third-order valence-corrected chi connectivity index (χ3v) is 7.88. The molecule has 0 aliphatic carbocycles. The first-order valence-corrected chi connectivity index (χ1v) is 13.4. The number of rotatable bonds is 11. The van der Waals surface area contributed by atoms with Crippen molar-refractivity contribution in [2.45, 2.75) is 73.5 Å². The van der Waals surface area contributed by atoms with Crippen LogP contribution in [0.5, 0.6) is 0 Å². The van der Waals surface area contributed by atoms with Crippen molar-refractivity contribution in [3.63, 3.8) is 0 Å². The Bertz CT molecular complexity index is 1180. The number of nitrogens with one attached hydrogen (secondary N) is 3. The van der Waals surface area contributed by atoms with Crippen LogP contribution in [0.4, 0.5) is 5.69 Å². The van der Waals surface area contributed by atoms with Crippen LogP contribution in [-0.2, 0) is 14.1 Å². The zero-order valence-corrected chi connectivity index (χ0v) is 24.4. The Morgan fingerprint density at radius 1 is 1.11 bits per heavy atom. The molecule has 3 N–H and O–H groups in total. The van der Waals surface area contributed by atoms with Crippen LogP contribution < -0.4 is 16.1 Å². The van der Waals surface area contributed by atoms with Crippen molar-refractivity contribution in [2.75, 3.05) is 31.5 Å². The minimum absolute atomic E-state index is 0.0771. The fourth-order valence-electron chi connectivity index (χ4n) is 4.71. The van der Waals surface area contributed by atoms with E-state index in [0.717, 1.165) is 53.2 Å². The Labute approximate surface area is 227 Å². The molecule has 1 aromatic carbocycles. The number of likely N-dealkylation sites (N-methyl/N-ethyl adjacent to an activating group) is 1. The monoisotopic (exact) mass is 522 g/mol. The minimum atomic E-state index is -0.516. The normalized spacial score (nSPS) is 16.7. The molecular formula is C29H43BN4O4. The Hall–Kier alpha value is -2.88. The summed E-state index contributed by atoms with van der Waals surface area (Å²) in [4.78, 5) is 30.0. The van der Waals surface area contributed by atoms with Crippen molar-refractivity contribution in [3.8, 4) is 0 Å². The molecule has 0 radical (unpaired) electrons. The molecule has 2 amide bonds. The fourth-order valence-corrected chi connectivity index (χ4v) is 4.71. The Kier molecular flexibility index (Phi) is 9.28. The summed E-state index contributed by atoms with van der Waals surface area (Å²) in [6.45, 7) is 21.5. The fraction of sp³-hybridized carbons (Fsp3) is 0.517. The average Bonchev–Trinajstić information content (AvgIpc) is 3.25. The first-order chi connectivity index (χ1) is 17.8. The molecule has 9 heteroatoms. The van der Waals surface area contributed by atoms with Gasteiger partial charge in [-0.05, 0) is 90.3 Å². The van der Waals surface area contributed by atoms with Crippen molar-refractivity contribution in [2.24, 2.45) is 0 Å². The predicted molar refractivity (Wildman–Crippen MR) is 156 cm³/mol. The number of H-pyrrole nitrogens is 1. The lowest BCUT2D eigenvalue weighted by molar-refractivity contribution is -0.105. The van der Waals surface area contributed by atoms with Gasteiger partial charge in [-0.3, -0.25) is 9.59 Å². The van der Waals surface area contributed by atoms with Gasteiger partial charge in [-0.25, -0.2) is 0 Å². The van der Waals surface area contributed by atoms with E-state index in [1.165, 1.54) is 0 Å². The lowest BCUT2D eigenvalue weighted by Gasteiger charge is -2.32. The summed E-state index contributed by atoms with van der Waals surface area (Å²) in [5.74, 6) is -0.0771. The van der Waals surface area contributed by atoms with Gasteiger partial charge in [0.2, 0.25) is 6.41 Å². The summed E-state index contributed by atoms with van der Waals surface area (Å²) >= 11 is 0. The van der Waals surface area contributed by atoms with Gasteiger partial charge in [0.05, 0.1) is 16.8 Å². The van der Waals surface area contributed by atoms with Crippen LogP contribution in [0.15, 0.2) is 18.2 Å². The van der Waals surface area contributed by atoms with Gasteiger partial charge >= 0.3 is 7.12 Å². The minimum Gasteiger partial charge on any atom is -0.399 e. The molecule has 1 fully saturated rings. The predicted octanol–water partition coefficient (Wildman–Crippen LogP) is 4.13. The van der Waals surface area contributed by atoms with E-state index in [4.69, 9.17) is 9.31 Å². The number of aryl methyl sites for hydroxylation is 1. The molecule has 0 saturated carbocycles. The summed E-state index contributed by atoms with van der Waals surface area (Å²) in [6, 6.07) is 5.77.